The molecule has 0 fully saturated rings. The van der Waals surface area contributed by atoms with Crippen LogP contribution in [0.1, 0.15) is 58.2 Å². The molecular weight excluding hydrogens is 1600 g/mol. The lowest BCUT2D eigenvalue weighted by Gasteiger charge is -2.22. The molecule has 2 N–H and O–H groups in total. The Morgan fingerprint density at radius 2 is 0.762 bits per heavy atom. The molecule has 0 spiro atoms. The van der Waals surface area contributed by atoms with Gasteiger partial charge in [0.15, 0.2) is 0 Å². The van der Waals surface area contributed by atoms with Crippen LogP contribution < -0.4 is 53.1 Å². The van der Waals surface area contributed by atoms with Crippen molar-refractivity contribution in [3.63, 3.8) is 0 Å². The van der Waals surface area contributed by atoms with Gasteiger partial charge >= 0.3 is 0 Å². The topological polar surface area (TPSA) is 335 Å². The lowest BCUT2D eigenvalue weighted by atomic mass is 10.1. The molecule has 8 aromatic carbocycles. The molecule has 0 atom stereocenters. The summed E-state index contributed by atoms with van der Waals surface area (Å²) in [6.45, 7) is 13.1. The minimum absolute atomic E-state index is 0.111. The number of amides is 1. The molecule has 126 heavy (non-hydrogen) atoms. The Bertz CT molecular complexity index is 6940. The van der Waals surface area contributed by atoms with E-state index in [0.717, 1.165) is 72.9 Å². The SMILES string of the molecule is CCn1nc(-c2cccc(Cl)c2)cc(Nc2cccnc2)c1=O.CCn1nc(-c2ccccc2)cc(N(C(C)=O)c2ccc(C#N)cc2)c1=O.CCn1nc(-c2ccccc2)cc(N(C)c2ccc(C#N)cc2)c1=O.CCn1nc(-c2ccccc2)cc(N(C)c2cccc3ncccc23)c1=O.CCn1nc(-c2ccncc2)cc(Nc2ccc(C#N)cc2)c1=O. The number of anilines is 10. The van der Waals surface area contributed by atoms with Gasteiger partial charge in [-0.2, -0.15) is 41.3 Å². The Morgan fingerprint density at radius 3 is 1.21 bits per heavy atom. The van der Waals surface area contributed by atoms with Crippen molar-refractivity contribution in [3.05, 3.63) is 377 Å². The van der Waals surface area contributed by atoms with E-state index in [2.05, 4.69) is 63.2 Å². The molecule has 27 nitrogen and oxygen atoms in total. The van der Waals surface area contributed by atoms with E-state index in [4.69, 9.17) is 27.4 Å². The third kappa shape index (κ3) is 21.7. The largest absolute Gasteiger partial charge is 0.351 e. The Labute approximate surface area is 731 Å². The zero-order chi connectivity index (χ0) is 89.2. The summed E-state index contributed by atoms with van der Waals surface area (Å²) in [5.74, 6) is -0.301. The number of nitrogens with zero attached hydrogens (tertiary/aromatic N) is 19. The minimum atomic E-state index is -0.350. The van der Waals surface area contributed by atoms with Gasteiger partial charge in [-0.25, -0.2) is 23.4 Å². The number of rotatable bonds is 20. The number of carbonyl (C=O) groups excluding carboxylic acids is 1. The Hall–Kier alpha value is -16.7. The molecule has 0 radical (unpaired) electrons. The third-order valence-corrected chi connectivity index (χ3v) is 20.0. The molecule has 28 heteroatoms. The van der Waals surface area contributed by atoms with E-state index in [1.807, 2.05) is 247 Å². The summed E-state index contributed by atoms with van der Waals surface area (Å²) in [6, 6.07) is 89.3. The van der Waals surface area contributed by atoms with Gasteiger partial charge in [0.2, 0.25) is 5.91 Å². The van der Waals surface area contributed by atoms with Crippen LogP contribution in [0.5, 0.6) is 0 Å². The number of carbonyl (C=O) groups is 1. The maximum absolute atomic E-state index is 13.0. The van der Waals surface area contributed by atoms with Crippen LogP contribution in [-0.4, -0.2) is 83.9 Å². The van der Waals surface area contributed by atoms with Crippen LogP contribution >= 0.6 is 11.6 Å². The lowest BCUT2D eigenvalue weighted by molar-refractivity contribution is -0.115. The van der Waals surface area contributed by atoms with E-state index in [0.29, 0.717) is 100.0 Å². The van der Waals surface area contributed by atoms with Crippen molar-refractivity contribution >= 4 is 85.3 Å². The Balaban J connectivity index is 0.000000143. The lowest BCUT2D eigenvalue weighted by Crippen LogP contribution is -2.33. The normalized spacial score (nSPS) is 10.4. The van der Waals surface area contributed by atoms with E-state index in [1.165, 1.54) is 35.2 Å². The van der Waals surface area contributed by atoms with Crippen molar-refractivity contribution in [2.45, 2.75) is 74.3 Å². The van der Waals surface area contributed by atoms with Gasteiger partial charge in [0.1, 0.15) is 28.4 Å². The third-order valence-electron chi connectivity index (χ3n) is 19.8. The number of halogens is 1. The zero-order valence-electron chi connectivity index (χ0n) is 70.2. The van der Waals surface area contributed by atoms with Gasteiger partial charge in [0.05, 0.1) is 86.5 Å². The quantitative estimate of drug-likeness (QED) is 0.0716. The zero-order valence-corrected chi connectivity index (χ0v) is 71.0. The molecule has 0 unspecified atom stereocenters. The molecule has 8 heterocycles. The maximum atomic E-state index is 13.0. The number of pyridine rings is 3. The monoisotopic (exact) mass is 1690 g/mol. The molecule has 0 aliphatic carbocycles. The highest BCUT2D eigenvalue weighted by atomic mass is 35.5. The van der Waals surface area contributed by atoms with Crippen molar-refractivity contribution in [1.29, 1.82) is 15.8 Å². The van der Waals surface area contributed by atoms with E-state index in [-0.39, 0.29) is 39.4 Å². The molecule has 1 amide bonds. The number of hydrogen-bond donors (Lipinski definition) is 2. The van der Waals surface area contributed by atoms with Crippen LogP contribution in [0, 0.1) is 34.0 Å². The highest BCUT2D eigenvalue weighted by Crippen LogP contribution is 2.33. The number of hydrogen-bond acceptors (Lipinski definition) is 21. The Morgan fingerprint density at radius 1 is 0.365 bits per heavy atom. The van der Waals surface area contributed by atoms with Crippen LogP contribution in [0.15, 0.2) is 328 Å². The van der Waals surface area contributed by atoms with Crippen molar-refractivity contribution in [2.24, 2.45) is 0 Å². The van der Waals surface area contributed by atoms with Crippen molar-refractivity contribution in [1.82, 2.24) is 63.9 Å². The average Bonchev–Trinajstić information content (AvgIpc) is 0.805. The molecule has 0 saturated heterocycles. The van der Waals surface area contributed by atoms with Crippen LogP contribution in [0.2, 0.25) is 5.02 Å². The van der Waals surface area contributed by atoms with Gasteiger partial charge in [0.25, 0.3) is 27.8 Å². The number of nitrogens with one attached hydrogen (secondary N) is 2. The first kappa shape index (κ1) is 88.6. The fourth-order valence-electron chi connectivity index (χ4n) is 13.2. The predicted octanol–water partition coefficient (Wildman–Crippen LogP) is 18.0. The first-order valence-corrected chi connectivity index (χ1v) is 40.6. The van der Waals surface area contributed by atoms with Crippen LogP contribution in [0.3, 0.4) is 0 Å². The average molecular weight is 1690 g/mol. The van der Waals surface area contributed by atoms with Crippen molar-refractivity contribution in [3.8, 4) is 74.5 Å². The van der Waals surface area contributed by atoms with E-state index >= 15 is 0 Å². The summed E-state index contributed by atoms with van der Waals surface area (Å²) in [5.41, 5.74) is 15.6. The van der Waals surface area contributed by atoms with E-state index < -0.39 is 0 Å². The minimum Gasteiger partial charge on any atom is -0.351 e. The molecule has 0 aliphatic heterocycles. The molecule has 0 saturated carbocycles. The second-order valence-corrected chi connectivity index (χ2v) is 28.3. The number of aromatic nitrogens is 13. The van der Waals surface area contributed by atoms with Gasteiger partial charge in [0, 0.05) is 134 Å². The standard InChI is InChI=1S/C22H20N4O.C21H18N4O2.C20H18N4O.C18H15N5O.C17H15ClN4O/c1-3-26-22(27)21(15-19(24-26)16-9-5-4-6-10-16)25(2)20-13-7-12-18-17(20)11-8-14-23-18;1-3-24-21(27)20(13-19(23-24)17-7-5-4-6-8-17)25(15(2)26)18-11-9-16(14-22)10-12-18;1-3-24-20(25)19(13-18(22-24)16-7-5-4-6-8-16)23(2)17-11-9-15(14-21)10-12-17;1-2-23-18(24)17(21-15-5-3-13(12-19)4-6-15)11-16(22-23)14-7-9-20-10-8-14;1-2-22-17(23)16(20-14-7-4-8-19-11-14)10-15(21-22)12-5-3-6-13(18)9-12/h4-15H,3H2,1-2H3;4-13H,3H2,1-2H3;4-13H,3H2,1-2H3;3-11,21H,2H2,1H3;3-11,20H,2H2,1H3. The summed E-state index contributed by atoms with van der Waals surface area (Å²) in [4.78, 5) is 93.5. The smallest absolute Gasteiger partial charge is 0.291 e. The van der Waals surface area contributed by atoms with E-state index in [9.17, 15) is 28.8 Å². The van der Waals surface area contributed by atoms with Crippen molar-refractivity contribution < 1.29 is 4.79 Å². The van der Waals surface area contributed by atoms with Crippen molar-refractivity contribution in [2.75, 3.05) is 39.4 Å². The van der Waals surface area contributed by atoms with Crippen LogP contribution in [0.4, 0.5) is 56.9 Å². The molecule has 16 aromatic rings. The van der Waals surface area contributed by atoms with Gasteiger partial charge in [-0.05, 0) is 198 Å². The summed E-state index contributed by atoms with van der Waals surface area (Å²) in [5, 5.41) is 56.8. The summed E-state index contributed by atoms with van der Waals surface area (Å²) < 4.78 is 7.17. The molecule has 0 aliphatic rings. The van der Waals surface area contributed by atoms with Gasteiger partial charge in [-0.15, -0.1) is 0 Å². The van der Waals surface area contributed by atoms with Gasteiger partial charge in [-0.3, -0.25) is 48.6 Å². The highest BCUT2D eigenvalue weighted by molar-refractivity contribution is 6.30. The second kappa shape index (κ2) is 42.5. The van der Waals surface area contributed by atoms with Gasteiger partial charge in [-0.1, -0.05) is 121 Å². The molecule has 626 valence electrons. The number of aryl methyl sites for hydroxylation is 5. The van der Waals surface area contributed by atoms with E-state index in [1.54, 1.807) is 122 Å². The van der Waals surface area contributed by atoms with Crippen LogP contribution in [0.25, 0.3) is 67.2 Å². The molecular formula is C98H86ClN21O6. The predicted molar refractivity (Wildman–Crippen MR) is 496 cm³/mol. The number of benzene rings is 8. The fourth-order valence-corrected chi connectivity index (χ4v) is 13.4. The van der Waals surface area contributed by atoms with Crippen LogP contribution in [-0.2, 0) is 37.5 Å². The Kier molecular flexibility index (Phi) is 29.9. The van der Waals surface area contributed by atoms with Gasteiger partial charge < -0.3 is 20.4 Å². The fraction of sp³-hybridized carbons (Fsp3) is 0.133. The maximum Gasteiger partial charge on any atom is 0.291 e. The summed E-state index contributed by atoms with van der Waals surface area (Å²) in [6.07, 6.45) is 8.49. The molecule has 8 aromatic heterocycles. The first-order chi connectivity index (χ1) is 61.2. The number of fused-ring (bicyclic) bond motifs is 1. The molecule has 0 bridgehead atoms. The highest BCUT2D eigenvalue weighted by Gasteiger charge is 2.23. The molecule has 16 rings (SSSR count). The second-order valence-electron chi connectivity index (χ2n) is 27.9. The number of nitriles is 3. The first-order valence-electron chi connectivity index (χ1n) is 40.3. The summed E-state index contributed by atoms with van der Waals surface area (Å²) in [7, 11) is 3.75. The summed E-state index contributed by atoms with van der Waals surface area (Å²) >= 11 is 6.05.